The highest BCUT2D eigenvalue weighted by atomic mass is 19.1. The number of halogens is 1. The Bertz CT molecular complexity index is 979. The van der Waals surface area contributed by atoms with Crippen molar-refractivity contribution in [2.75, 3.05) is 6.61 Å². The molecule has 3 rings (SSSR count). The summed E-state index contributed by atoms with van der Waals surface area (Å²) in [4.78, 5) is 23.3. The Labute approximate surface area is 141 Å². The lowest BCUT2D eigenvalue weighted by molar-refractivity contribution is -0.147. The van der Waals surface area contributed by atoms with Crippen LogP contribution in [0.3, 0.4) is 0 Å². The Hall–Kier alpha value is -3.35. The minimum Gasteiger partial charge on any atom is -0.508 e. The van der Waals surface area contributed by atoms with Gasteiger partial charge in [-0.15, -0.1) is 0 Å². The Morgan fingerprint density at radius 3 is 2.80 bits per heavy atom. The summed E-state index contributed by atoms with van der Waals surface area (Å²) in [6, 6.07) is 10.9. The minimum atomic E-state index is -0.676. The number of carbonyl (C=O) groups excluding carboxylic acids is 1. The van der Waals surface area contributed by atoms with Crippen molar-refractivity contribution >= 4 is 16.9 Å². The fourth-order valence-corrected chi connectivity index (χ4v) is 2.24. The molecule has 7 heteroatoms. The van der Waals surface area contributed by atoms with Crippen LogP contribution in [0, 0.1) is 5.82 Å². The molecular weight excluding hydrogens is 331 g/mol. The number of hydrogen-bond donors (Lipinski definition) is 1. The summed E-state index contributed by atoms with van der Waals surface area (Å²) >= 11 is 0. The average molecular weight is 344 g/mol. The van der Waals surface area contributed by atoms with Gasteiger partial charge >= 0.3 is 11.6 Å². The van der Waals surface area contributed by atoms with Crippen molar-refractivity contribution in [2.24, 2.45) is 0 Å². The molecule has 25 heavy (non-hydrogen) atoms. The smallest absolute Gasteiger partial charge is 0.344 e. The first-order valence-corrected chi connectivity index (χ1v) is 7.31. The third kappa shape index (κ3) is 4.14. The van der Waals surface area contributed by atoms with Crippen molar-refractivity contribution in [1.82, 2.24) is 0 Å². The van der Waals surface area contributed by atoms with Crippen molar-refractivity contribution in [3.05, 3.63) is 70.3 Å². The molecule has 0 unspecified atom stereocenters. The van der Waals surface area contributed by atoms with Gasteiger partial charge in [-0.25, -0.2) is 14.0 Å². The highest BCUT2D eigenvalue weighted by Crippen LogP contribution is 2.22. The van der Waals surface area contributed by atoms with Gasteiger partial charge in [-0.3, -0.25) is 0 Å². The van der Waals surface area contributed by atoms with Crippen LogP contribution in [0.25, 0.3) is 11.0 Å². The van der Waals surface area contributed by atoms with Gasteiger partial charge in [0.1, 0.15) is 29.5 Å². The second-order valence-corrected chi connectivity index (χ2v) is 5.18. The first-order valence-electron chi connectivity index (χ1n) is 7.31. The highest BCUT2D eigenvalue weighted by molar-refractivity contribution is 5.81. The molecule has 6 nitrogen and oxygen atoms in total. The van der Waals surface area contributed by atoms with Crippen LogP contribution in [0.1, 0.15) is 5.56 Å². The van der Waals surface area contributed by atoms with Crippen molar-refractivity contribution in [1.29, 1.82) is 0 Å². The summed E-state index contributed by atoms with van der Waals surface area (Å²) in [5, 5.41) is 9.98. The van der Waals surface area contributed by atoms with Crippen molar-refractivity contribution in [3.8, 4) is 11.5 Å². The number of benzene rings is 2. The third-order valence-electron chi connectivity index (χ3n) is 3.36. The van der Waals surface area contributed by atoms with Crippen LogP contribution >= 0.6 is 0 Å². The Kier molecular flexibility index (Phi) is 4.65. The molecule has 0 amide bonds. The lowest BCUT2D eigenvalue weighted by atomic mass is 10.1. The van der Waals surface area contributed by atoms with Gasteiger partial charge in [-0.1, -0.05) is 6.07 Å². The standard InChI is InChI=1S/C18H13FO6/c19-12-2-1-3-14(7-12)23-10-18(22)24-9-11-6-17(21)25-16-8-13(20)4-5-15(11)16/h1-8,20H,9-10H2. The van der Waals surface area contributed by atoms with Gasteiger partial charge in [0.15, 0.2) is 6.61 Å². The van der Waals surface area contributed by atoms with Gasteiger partial charge in [0.05, 0.1) is 0 Å². The Balaban J connectivity index is 1.66. The maximum atomic E-state index is 13.0. The zero-order valence-corrected chi connectivity index (χ0v) is 12.9. The lowest BCUT2D eigenvalue weighted by Gasteiger charge is -2.08. The molecule has 128 valence electrons. The maximum Gasteiger partial charge on any atom is 0.344 e. The van der Waals surface area contributed by atoms with E-state index in [2.05, 4.69) is 0 Å². The molecule has 0 aliphatic rings. The fourth-order valence-electron chi connectivity index (χ4n) is 2.24. The van der Waals surface area contributed by atoms with E-state index in [0.29, 0.717) is 10.9 Å². The molecule has 0 aliphatic heterocycles. The number of phenolic OH excluding ortho intramolecular Hbond substituents is 1. The van der Waals surface area contributed by atoms with Gasteiger partial charge < -0.3 is 19.0 Å². The van der Waals surface area contributed by atoms with E-state index in [0.717, 1.165) is 6.07 Å². The second kappa shape index (κ2) is 7.04. The van der Waals surface area contributed by atoms with Crippen molar-refractivity contribution in [2.45, 2.75) is 6.61 Å². The molecule has 0 spiro atoms. The monoisotopic (exact) mass is 344 g/mol. The first-order chi connectivity index (χ1) is 12.0. The molecule has 0 aliphatic carbocycles. The van der Waals surface area contributed by atoms with Crippen LogP contribution in [0.5, 0.6) is 11.5 Å². The molecule has 0 saturated heterocycles. The fraction of sp³-hybridized carbons (Fsp3) is 0.111. The SMILES string of the molecule is O=C(COc1cccc(F)c1)OCc1cc(=O)oc2cc(O)ccc12. The summed E-state index contributed by atoms with van der Waals surface area (Å²) in [5.74, 6) is -0.993. The number of phenols is 1. The highest BCUT2D eigenvalue weighted by Gasteiger charge is 2.10. The summed E-state index contributed by atoms with van der Waals surface area (Å²) < 4.78 is 28.2. The number of aromatic hydroxyl groups is 1. The van der Waals surface area contributed by atoms with Crippen LogP contribution < -0.4 is 10.4 Å². The third-order valence-corrected chi connectivity index (χ3v) is 3.36. The summed E-state index contributed by atoms with van der Waals surface area (Å²) in [6.07, 6.45) is 0. The van der Waals surface area contributed by atoms with Gasteiger partial charge in [0.2, 0.25) is 0 Å². The summed E-state index contributed by atoms with van der Waals surface area (Å²) in [5.41, 5.74) is 0.0000695. The van der Waals surface area contributed by atoms with Crippen LogP contribution in [-0.2, 0) is 16.1 Å². The van der Waals surface area contributed by atoms with Crippen molar-refractivity contribution in [3.63, 3.8) is 0 Å². The molecule has 3 aromatic rings. The second-order valence-electron chi connectivity index (χ2n) is 5.18. The molecule has 1 aromatic heterocycles. The zero-order chi connectivity index (χ0) is 17.8. The van der Waals surface area contributed by atoms with E-state index >= 15 is 0 Å². The number of fused-ring (bicyclic) bond motifs is 1. The Morgan fingerprint density at radius 1 is 1.16 bits per heavy atom. The van der Waals surface area contributed by atoms with Crippen LogP contribution in [-0.4, -0.2) is 17.7 Å². The first kappa shape index (κ1) is 16.5. The van der Waals surface area contributed by atoms with E-state index in [4.69, 9.17) is 13.9 Å². The number of ether oxygens (including phenoxy) is 2. The normalized spacial score (nSPS) is 10.6. The number of carbonyl (C=O) groups is 1. The molecule has 0 fully saturated rings. The number of rotatable bonds is 5. The van der Waals surface area contributed by atoms with E-state index < -0.39 is 24.0 Å². The van der Waals surface area contributed by atoms with E-state index in [1.807, 2.05) is 0 Å². The molecule has 0 radical (unpaired) electrons. The van der Waals surface area contributed by atoms with E-state index in [-0.39, 0.29) is 23.7 Å². The van der Waals surface area contributed by atoms with Crippen LogP contribution in [0.15, 0.2) is 57.7 Å². The average Bonchev–Trinajstić information content (AvgIpc) is 2.57. The van der Waals surface area contributed by atoms with E-state index in [1.54, 1.807) is 6.07 Å². The van der Waals surface area contributed by atoms with Gasteiger partial charge in [0, 0.05) is 29.1 Å². The van der Waals surface area contributed by atoms with E-state index in [1.165, 1.54) is 36.4 Å². The zero-order valence-electron chi connectivity index (χ0n) is 12.9. The lowest BCUT2D eigenvalue weighted by Crippen LogP contribution is -2.15. The summed E-state index contributed by atoms with van der Waals surface area (Å²) in [7, 11) is 0. The minimum absolute atomic E-state index is 0.0479. The number of hydrogen-bond acceptors (Lipinski definition) is 6. The summed E-state index contributed by atoms with van der Waals surface area (Å²) in [6.45, 7) is -0.568. The van der Waals surface area contributed by atoms with Crippen LogP contribution in [0.4, 0.5) is 4.39 Å². The molecule has 1 heterocycles. The van der Waals surface area contributed by atoms with Gasteiger partial charge in [0.25, 0.3) is 0 Å². The molecule has 0 atom stereocenters. The molecule has 2 aromatic carbocycles. The van der Waals surface area contributed by atoms with Gasteiger partial charge in [-0.2, -0.15) is 0 Å². The predicted octanol–water partition coefficient (Wildman–Crippen LogP) is 2.76. The quantitative estimate of drug-likeness (QED) is 0.566. The Morgan fingerprint density at radius 2 is 2.00 bits per heavy atom. The van der Waals surface area contributed by atoms with E-state index in [9.17, 15) is 19.1 Å². The molecule has 0 saturated carbocycles. The topological polar surface area (TPSA) is 86.0 Å². The molecular formula is C18H13FO6. The van der Waals surface area contributed by atoms with Crippen molar-refractivity contribution < 1.29 is 28.2 Å². The van der Waals surface area contributed by atoms with Crippen LogP contribution in [0.2, 0.25) is 0 Å². The number of esters is 1. The molecule has 1 N–H and O–H groups in total. The predicted molar refractivity (Wildman–Crippen MR) is 85.8 cm³/mol. The molecule has 0 bridgehead atoms. The largest absolute Gasteiger partial charge is 0.508 e. The van der Waals surface area contributed by atoms with Gasteiger partial charge in [-0.05, 0) is 24.3 Å². The maximum absolute atomic E-state index is 13.0.